The third-order valence-corrected chi connectivity index (χ3v) is 7.75. The first-order valence-corrected chi connectivity index (χ1v) is 10.7. The van der Waals surface area contributed by atoms with Gasteiger partial charge in [-0.1, -0.05) is 32.9 Å². The molecule has 0 saturated heterocycles. The monoisotopic (exact) mass is 401 g/mol. The zero-order valence-electron chi connectivity index (χ0n) is 18.0. The third-order valence-electron chi connectivity index (χ3n) is 7.75. The summed E-state index contributed by atoms with van der Waals surface area (Å²) in [5, 5.41) is 3.17. The van der Waals surface area contributed by atoms with Crippen molar-refractivity contribution >= 4 is 22.6 Å². The van der Waals surface area contributed by atoms with E-state index in [1.807, 2.05) is 55.5 Å². The Balaban J connectivity index is 1.60. The number of carbonyl (C=O) groups excluding carboxylic acids is 1. The molecular formula is C25H27N3O2. The molecule has 0 spiro atoms. The van der Waals surface area contributed by atoms with Crippen molar-refractivity contribution in [3.63, 3.8) is 0 Å². The van der Waals surface area contributed by atoms with Gasteiger partial charge >= 0.3 is 0 Å². The molecule has 2 bridgehead atoms. The zero-order valence-corrected chi connectivity index (χ0v) is 18.0. The molecule has 1 heterocycles. The van der Waals surface area contributed by atoms with E-state index in [1.165, 1.54) is 0 Å². The highest BCUT2D eigenvalue weighted by atomic mass is 16.5. The second kappa shape index (κ2) is 6.27. The second-order valence-corrected chi connectivity index (χ2v) is 9.18. The number of ether oxygens (including phenoxy) is 1. The quantitative estimate of drug-likeness (QED) is 0.668. The Morgan fingerprint density at radius 1 is 0.967 bits per heavy atom. The number of nitrogens with zero attached hydrogens (tertiary/aromatic N) is 2. The molecule has 5 nitrogen and oxygen atoms in total. The van der Waals surface area contributed by atoms with E-state index in [0.717, 1.165) is 46.7 Å². The highest BCUT2D eigenvalue weighted by Crippen LogP contribution is 2.70. The topological polar surface area (TPSA) is 64.1 Å². The number of hydrogen-bond donors (Lipinski definition) is 1. The Morgan fingerprint density at radius 3 is 2.23 bits per heavy atom. The minimum Gasteiger partial charge on any atom is -0.494 e. The molecule has 2 aliphatic carbocycles. The van der Waals surface area contributed by atoms with Crippen LogP contribution in [0.5, 0.6) is 5.75 Å². The first-order valence-electron chi connectivity index (χ1n) is 10.7. The van der Waals surface area contributed by atoms with Gasteiger partial charge in [0.15, 0.2) is 0 Å². The number of carbonyl (C=O) groups is 1. The van der Waals surface area contributed by atoms with Gasteiger partial charge in [-0.25, -0.2) is 9.97 Å². The third kappa shape index (κ3) is 2.26. The fraction of sp³-hybridized carbons (Fsp3) is 0.400. The van der Waals surface area contributed by atoms with Gasteiger partial charge in [0.2, 0.25) is 5.91 Å². The predicted octanol–water partition coefficient (Wildman–Crippen LogP) is 5.00. The minimum absolute atomic E-state index is 0.00344. The smallest absolute Gasteiger partial charge is 0.237 e. The van der Waals surface area contributed by atoms with Gasteiger partial charge in [-0.05, 0) is 61.6 Å². The Labute approximate surface area is 176 Å². The summed E-state index contributed by atoms with van der Waals surface area (Å²) in [4.78, 5) is 23.9. The Kier molecular flexibility index (Phi) is 3.98. The second-order valence-electron chi connectivity index (χ2n) is 9.18. The number of rotatable bonds is 4. The highest BCUT2D eigenvalue weighted by molar-refractivity contribution is 6.02. The number of para-hydroxylation sites is 2. The molecule has 0 radical (unpaired) electrons. The number of amides is 1. The summed E-state index contributed by atoms with van der Waals surface area (Å²) in [6.07, 6.45) is 1.70. The number of nitrogens with one attached hydrogen (secondary N) is 1. The van der Waals surface area contributed by atoms with Crippen LogP contribution in [0, 0.1) is 5.41 Å². The SMILES string of the molecule is CCOc1ccc(NC(=O)C23CCC(C)(c4nc5ccccc5nc42)C3(C)C)cc1. The van der Waals surface area contributed by atoms with E-state index >= 15 is 0 Å². The maximum Gasteiger partial charge on any atom is 0.237 e. The number of benzene rings is 2. The van der Waals surface area contributed by atoms with E-state index in [1.54, 1.807) is 0 Å². The maximum atomic E-state index is 13.9. The average Bonchev–Trinajstić information content (AvgIpc) is 3.03. The lowest BCUT2D eigenvalue weighted by molar-refractivity contribution is -0.125. The van der Waals surface area contributed by atoms with Gasteiger partial charge in [0, 0.05) is 11.1 Å². The van der Waals surface area contributed by atoms with Crippen LogP contribution in [0.2, 0.25) is 0 Å². The Morgan fingerprint density at radius 2 is 1.60 bits per heavy atom. The molecule has 2 aromatic carbocycles. The van der Waals surface area contributed by atoms with Crippen molar-refractivity contribution < 1.29 is 9.53 Å². The number of fused-ring (bicyclic) bond motifs is 6. The molecular weight excluding hydrogens is 374 g/mol. The molecule has 5 heteroatoms. The van der Waals surface area contributed by atoms with E-state index in [4.69, 9.17) is 14.7 Å². The molecule has 1 fully saturated rings. The summed E-state index contributed by atoms with van der Waals surface area (Å²) < 4.78 is 5.52. The highest BCUT2D eigenvalue weighted by Gasteiger charge is 2.73. The summed E-state index contributed by atoms with van der Waals surface area (Å²) in [6, 6.07) is 15.5. The summed E-state index contributed by atoms with van der Waals surface area (Å²) in [6.45, 7) is 9.22. The van der Waals surface area contributed by atoms with E-state index in [2.05, 4.69) is 26.1 Å². The molecule has 2 aliphatic rings. The van der Waals surface area contributed by atoms with Gasteiger partial charge in [0.1, 0.15) is 5.75 Å². The molecule has 1 amide bonds. The maximum absolute atomic E-state index is 13.9. The molecule has 3 aromatic rings. The van der Waals surface area contributed by atoms with Crippen LogP contribution in [0.3, 0.4) is 0 Å². The van der Waals surface area contributed by atoms with Crippen molar-refractivity contribution in [2.24, 2.45) is 5.41 Å². The largest absolute Gasteiger partial charge is 0.494 e. The van der Waals surface area contributed by atoms with E-state index in [0.29, 0.717) is 6.61 Å². The van der Waals surface area contributed by atoms with Crippen LogP contribution in [0.25, 0.3) is 11.0 Å². The summed E-state index contributed by atoms with van der Waals surface area (Å²) in [7, 11) is 0. The van der Waals surface area contributed by atoms with Gasteiger partial charge in [-0.3, -0.25) is 4.79 Å². The van der Waals surface area contributed by atoms with Gasteiger partial charge in [-0.2, -0.15) is 0 Å². The van der Waals surface area contributed by atoms with E-state index in [-0.39, 0.29) is 16.7 Å². The van der Waals surface area contributed by atoms with Gasteiger partial charge in [0.05, 0.1) is 34.4 Å². The van der Waals surface area contributed by atoms with Crippen LogP contribution in [0.4, 0.5) is 5.69 Å². The fourth-order valence-electron chi connectivity index (χ4n) is 5.59. The van der Waals surface area contributed by atoms with Crippen molar-refractivity contribution in [3.05, 3.63) is 59.9 Å². The van der Waals surface area contributed by atoms with Crippen LogP contribution in [0.15, 0.2) is 48.5 Å². The Bertz CT molecular complexity index is 1150. The minimum atomic E-state index is -0.702. The lowest BCUT2D eigenvalue weighted by Gasteiger charge is -2.39. The summed E-state index contributed by atoms with van der Waals surface area (Å²) in [5.41, 5.74) is 3.16. The molecule has 2 unspecified atom stereocenters. The van der Waals surface area contributed by atoms with Gasteiger partial charge in [0.25, 0.3) is 0 Å². The van der Waals surface area contributed by atoms with Crippen LogP contribution >= 0.6 is 0 Å². The van der Waals surface area contributed by atoms with Crippen LogP contribution in [-0.4, -0.2) is 22.5 Å². The van der Waals surface area contributed by atoms with Crippen LogP contribution in [0.1, 0.15) is 51.9 Å². The molecule has 30 heavy (non-hydrogen) atoms. The number of anilines is 1. The molecule has 1 saturated carbocycles. The molecule has 0 aliphatic heterocycles. The summed E-state index contributed by atoms with van der Waals surface area (Å²) in [5.74, 6) is 0.801. The van der Waals surface area contributed by atoms with Gasteiger partial charge < -0.3 is 10.1 Å². The first-order chi connectivity index (χ1) is 14.3. The number of hydrogen-bond acceptors (Lipinski definition) is 4. The first kappa shape index (κ1) is 19.0. The fourth-order valence-corrected chi connectivity index (χ4v) is 5.59. The molecule has 1 N–H and O–H groups in total. The number of aromatic nitrogens is 2. The molecule has 2 atom stereocenters. The normalized spacial score (nSPS) is 25.9. The standard InChI is InChI=1S/C25H27N3O2/c1-5-30-17-12-10-16(11-13-17)26-22(29)25-15-14-24(4,23(25,2)3)20-21(25)28-19-9-7-6-8-18(19)27-20/h6-13H,5,14-15H2,1-4H3,(H,26,29). The molecule has 5 rings (SSSR count). The zero-order chi connectivity index (χ0) is 21.1. The van der Waals surface area contributed by atoms with Crippen LogP contribution in [-0.2, 0) is 15.6 Å². The van der Waals surface area contributed by atoms with Crippen molar-refractivity contribution in [1.29, 1.82) is 0 Å². The lowest BCUT2D eigenvalue weighted by Crippen LogP contribution is -2.48. The lowest BCUT2D eigenvalue weighted by atomic mass is 9.63. The van der Waals surface area contributed by atoms with Crippen molar-refractivity contribution in [3.8, 4) is 5.75 Å². The van der Waals surface area contributed by atoms with E-state index < -0.39 is 5.41 Å². The summed E-state index contributed by atoms with van der Waals surface area (Å²) >= 11 is 0. The van der Waals surface area contributed by atoms with Crippen molar-refractivity contribution in [1.82, 2.24) is 9.97 Å². The van der Waals surface area contributed by atoms with E-state index in [9.17, 15) is 4.79 Å². The molecule has 154 valence electrons. The van der Waals surface area contributed by atoms with Crippen LogP contribution < -0.4 is 10.1 Å². The predicted molar refractivity (Wildman–Crippen MR) is 118 cm³/mol. The van der Waals surface area contributed by atoms with Crippen molar-refractivity contribution in [2.45, 2.75) is 51.4 Å². The Hall–Kier alpha value is -2.95. The molecule has 1 aromatic heterocycles. The van der Waals surface area contributed by atoms with Gasteiger partial charge in [-0.15, -0.1) is 0 Å². The van der Waals surface area contributed by atoms with Crippen molar-refractivity contribution in [2.75, 3.05) is 11.9 Å². The average molecular weight is 402 g/mol.